The van der Waals surface area contributed by atoms with Crippen LogP contribution in [0.3, 0.4) is 0 Å². The summed E-state index contributed by atoms with van der Waals surface area (Å²) in [6.45, 7) is 6.87. The van der Waals surface area contributed by atoms with Crippen LogP contribution >= 0.6 is 0 Å². The molecule has 2 fully saturated rings. The molecule has 1 aliphatic heterocycles. The maximum atomic E-state index is 13.5. The van der Waals surface area contributed by atoms with Gasteiger partial charge in [-0.1, -0.05) is 0 Å². The van der Waals surface area contributed by atoms with Crippen molar-refractivity contribution in [1.29, 1.82) is 0 Å². The van der Waals surface area contributed by atoms with Gasteiger partial charge < -0.3 is 19.1 Å². The Morgan fingerprint density at radius 3 is 2.35 bits per heavy atom. The number of benzene rings is 1. The van der Waals surface area contributed by atoms with Crippen molar-refractivity contribution in [3.05, 3.63) is 52.2 Å². The van der Waals surface area contributed by atoms with Crippen LogP contribution in [0.4, 0.5) is 10.5 Å². The SMILES string of the molecule is CCOC(=O)C=CN(C(=O)C1CC(OC(=O)c2ccc([N+](=O)[O-])cc2)CN1C(=O)OC(C)(C)C)C1CC1. The average molecular weight is 518 g/mol. The molecule has 0 bridgehead atoms. The normalized spacial score (nSPS) is 19.4. The van der Waals surface area contributed by atoms with Crippen LogP contribution in [-0.2, 0) is 23.8 Å². The summed E-state index contributed by atoms with van der Waals surface area (Å²) < 4.78 is 15.9. The maximum absolute atomic E-state index is 13.5. The zero-order valence-electron chi connectivity index (χ0n) is 21.2. The minimum absolute atomic E-state index is 0.0211. The summed E-state index contributed by atoms with van der Waals surface area (Å²) in [7, 11) is 0. The number of likely N-dealkylation sites (tertiary alicyclic amines) is 1. The number of carbonyl (C=O) groups excluding carboxylic acids is 4. The van der Waals surface area contributed by atoms with E-state index in [1.807, 2.05) is 0 Å². The number of non-ortho nitro benzene ring substituents is 1. The summed E-state index contributed by atoms with van der Waals surface area (Å²) in [4.78, 5) is 63.9. The number of esters is 2. The fraction of sp³-hybridized carbons (Fsp3) is 0.520. The minimum atomic E-state index is -0.989. The van der Waals surface area contributed by atoms with Crippen LogP contribution in [0.5, 0.6) is 0 Å². The molecule has 0 aromatic heterocycles. The van der Waals surface area contributed by atoms with Crippen molar-refractivity contribution < 1.29 is 38.3 Å². The number of nitro benzene ring substituents is 1. The molecular weight excluding hydrogens is 486 g/mol. The van der Waals surface area contributed by atoms with Crippen molar-refractivity contribution in [2.24, 2.45) is 0 Å². The highest BCUT2D eigenvalue weighted by Gasteiger charge is 2.46. The van der Waals surface area contributed by atoms with Crippen LogP contribution < -0.4 is 0 Å². The Morgan fingerprint density at radius 2 is 1.81 bits per heavy atom. The van der Waals surface area contributed by atoms with Crippen LogP contribution in [-0.4, -0.2) is 75.6 Å². The summed E-state index contributed by atoms with van der Waals surface area (Å²) in [5.74, 6) is -1.76. The lowest BCUT2D eigenvalue weighted by molar-refractivity contribution is -0.384. The summed E-state index contributed by atoms with van der Waals surface area (Å²) in [5, 5.41) is 10.9. The number of ether oxygens (including phenoxy) is 3. The molecule has 200 valence electrons. The van der Waals surface area contributed by atoms with Crippen molar-refractivity contribution in [3.63, 3.8) is 0 Å². The van der Waals surface area contributed by atoms with E-state index < -0.39 is 46.6 Å². The second-order valence-electron chi connectivity index (χ2n) is 9.76. The standard InChI is InChI=1S/C25H31N3O9/c1-5-35-21(29)12-13-26(17-10-11-17)22(30)20-14-19(15-27(20)24(32)37-25(2,3)4)36-23(31)16-6-8-18(9-7-16)28(33)34/h6-9,12-13,17,19-20H,5,10-11,14-15H2,1-4H3. The van der Waals surface area contributed by atoms with Crippen molar-refractivity contribution >= 4 is 29.6 Å². The van der Waals surface area contributed by atoms with E-state index in [2.05, 4.69) is 0 Å². The highest BCUT2D eigenvalue weighted by Crippen LogP contribution is 2.32. The molecule has 1 aromatic rings. The Kier molecular flexibility index (Phi) is 8.51. The fourth-order valence-electron chi connectivity index (χ4n) is 3.81. The van der Waals surface area contributed by atoms with E-state index in [0.717, 1.165) is 12.8 Å². The van der Waals surface area contributed by atoms with Gasteiger partial charge in [0, 0.05) is 36.9 Å². The Balaban J connectivity index is 1.78. The Hall–Kier alpha value is -3.96. The molecule has 0 radical (unpaired) electrons. The Labute approximate surface area is 214 Å². The van der Waals surface area contributed by atoms with E-state index in [1.54, 1.807) is 27.7 Å². The molecule has 2 aliphatic rings. The predicted molar refractivity (Wildman–Crippen MR) is 129 cm³/mol. The second kappa shape index (κ2) is 11.4. The molecule has 3 rings (SSSR count). The molecule has 2 atom stereocenters. The monoisotopic (exact) mass is 517 g/mol. The molecule has 0 N–H and O–H groups in total. The molecule has 1 saturated heterocycles. The van der Waals surface area contributed by atoms with Gasteiger partial charge >= 0.3 is 18.0 Å². The van der Waals surface area contributed by atoms with Gasteiger partial charge in [-0.25, -0.2) is 14.4 Å². The lowest BCUT2D eigenvalue weighted by Gasteiger charge is -2.30. The van der Waals surface area contributed by atoms with Crippen LogP contribution in [0, 0.1) is 10.1 Å². The average Bonchev–Trinajstić information content (AvgIpc) is 3.56. The van der Waals surface area contributed by atoms with Gasteiger partial charge in [0.15, 0.2) is 0 Å². The lowest BCUT2D eigenvalue weighted by atomic mass is 10.1. The van der Waals surface area contributed by atoms with Crippen LogP contribution in [0.25, 0.3) is 0 Å². The number of amides is 2. The number of carbonyl (C=O) groups is 4. The molecule has 1 aromatic carbocycles. The summed E-state index contributed by atoms with van der Waals surface area (Å²) in [5.41, 5.74) is -0.894. The Bertz CT molecular complexity index is 1070. The predicted octanol–water partition coefficient (Wildman–Crippen LogP) is 3.20. The van der Waals surface area contributed by atoms with E-state index >= 15 is 0 Å². The molecule has 12 nitrogen and oxygen atoms in total. The largest absolute Gasteiger partial charge is 0.463 e. The first-order chi connectivity index (χ1) is 17.4. The number of nitro groups is 1. The first-order valence-corrected chi connectivity index (χ1v) is 12.0. The molecule has 1 saturated carbocycles. The lowest BCUT2D eigenvalue weighted by Crippen LogP contribution is -2.48. The third-order valence-electron chi connectivity index (χ3n) is 5.62. The third-order valence-corrected chi connectivity index (χ3v) is 5.62. The third kappa shape index (κ3) is 7.51. The van der Waals surface area contributed by atoms with Crippen LogP contribution in [0.15, 0.2) is 36.5 Å². The van der Waals surface area contributed by atoms with Gasteiger partial charge in [0.25, 0.3) is 5.69 Å². The van der Waals surface area contributed by atoms with Gasteiger partial charge in [0.2, 0.25) is 5.91 Å². The molecule has 2 unspecified atom stereocenters. The van der Waals surface area contributed by atoms with Crippen LogP contribution in [0.2, 0.25) is 0 Å². The van der Waals surface area contributed by atoms with Gasteiger partial charge in [-0.3, -0.25) is 19.8 Å². The number of nitrogens with zero attached hydrogens (tertiary/aromatic N) is 3. The van der Waals surface area contributed by atoms with E-state index in [-0.39, 0.29) is 36.9 Å². The molecule has 0 spiro atoms. The highest BCUT2D eigenvalue weighted by atomic mass is 16.6. The van der Waals surface area contributed by atoms with E-state index in [0.29, 0.717) is 0 Å². The zero-order valence-corrected chi connectivity index (χ0v) is 21.2. The van der Waals surface area contributed by atoms with Crippen molar-refractivity contribution in [2.45, 2.75) is 70.7 Å². The highest BCUT2D eigenvalue weighted by molar-refractivity contribution is 5.91. The molecule has 1 aliphatic carbocycles. The van der Waals surface area contributed by atoms with Gasteiger partial charge in [0.1, 0.15) is 17.7 Å². The molecular formula is C25H31N3O9. The van der Waals surface area contributed by atoms with Crippen LogP contribution in [0.1, 0.15) is 57.3 Å². The summed E-state index contributed by atoms with van der Waals surface area (Å²) in [6, 6.07) is 3.83. The van der Waals surface area contributed by atoms with E-state index in [1.165, 1.54) is 46.3 Å². The smallest absolute Gasteiger partial charge is 0.411 e. The Morgan fingerprint density at radius 1 is 1.16 bits per heavy atom. The number of hydrogen-bond donors (Lipinski definition) is 0. The zero-order chi connectivity index (χ0) is 27.3. The maximum Gasteiger partial charge on any atom is 0.411 e. The molecule has 2 amide bonds. The summed E-state index contributed by atoms with van der Waals surface area (Å²) in [6.07, 6.45) is 2.49. The minimum Gasteiger partial charge on any atom is -0.463 e. The topological polar surface area (TPSA) is 146 Å². The van der Waals surface area contributed by atoms with Crippen molar-refractivity contribution in [1.82, 2.24) is 9.80 Å². The van der Waals surface area contributed by atoms with Gasteiger partial charge in [-0.2, -0.15) is 0 Å². The van der Waals surface area contributed by atoms with Gasteiger partial charge in [-0.15, -0.1) is 0 Å². The van der Waals surface area contributed by atoms with E-state index in [4.69, 9.17) is 14.2 Å². The second-order valence-corrected chi connectivity index (χ2v) is 9.76. The first-order valence-electron chi connectivity index (χ1n) is 12.0. The van der Waals surface area contributed by atoms with E-state index in [9.17, 15) is 29.3 Å². The molecule has 1 heterocycles. The van der Waals surface area contributed by atoms with Gasteiger partial charge in [-0.05, 0) is 52.7 Å². The quantitative estimate of drug-likeness (QED) is 0.167. The van der Waals surface area contributed by atoms with Crippen molar-refractivity contribution in [2.75, 3.05) is 13.2 Å². The summed E-state index contributed by atoms with van der Waals surface area (Å²) >= 11 is 0. The molecule has 37 heavy (non-hydrogen) atoms. The fourth-order valence-corrected chi connectivity index (χ4v) is 3.81. The first kappa shape index (κ1) is 27.6. The van der Waals surface area contributed by atoms with Gasteiger partial charge in [0.05, 0.1) is 23.6 Å². The molecule has 12 heteroatoms. The van der Waals surface area contributed by atoms with Crippen molar-refractivity contribution in [3.8, 4) is 0 Å². The number of hydrogen-bond acceptors (Lipinski definition) is 9. The number of rotatable bonds is 8.